The van der Waals surface area contributed by atoms with Crippen LogP contribution in [-0.2, 0) is 0 Å². The smallest absolute Gasteiger partial charge is 0.258 e. The van der Waals surface area contributed by atoms with Crippen LogP contribution in [0.25, 0.3) is 27.8 Å². The lowest BCUT2D eigenvalue weighted by atomic mass is 10.1. The average molecular weight is 464 g/mol. The molecular weight excluding hydrogens is 441 g/mol. The van der Waals surface area contributed by atoms with Crippen molar-refractivity contribution in [3.05, 3.63) is 71.1 Å². The second-order valence-electron chi connectivity index (χ2n) is 7.98. The van der Waals surface area contributed by atoms with Crippen molar-refractivity contribution in [3.8, 4) is 27.8 Å². The number of carbonyl (C=O) groups is 1. The molecule has 1 amide bonds. The van der Waals surface area contributed by atoms with Gasteiger partial charge in [-0.2, -0.15) is 9.78 Å². The molecule has 3 aromatic heterocycles. The van der Waals surface area contributed by atoms with Gasteiger partial charge >= 0.3 is 0 Å². The van der Waals surface area contributed by atoms with E-state index in [1.807, 2.05) is 24.4 Å². The molecule has 0 unspecified atom stereocenters. The summed E-state index contributed by atoms with van der Waals surface area (Å²) >= 11 is 1.50. The number of rotatable bonds is 5. The zero-order valence-electron chi connectivity index (χ0n) is 18.0. The molecular formula is C24H22FN5O2S. The number of hydrogen-bond donors (Lipinski definition) is 1. The van der Waals surface area contributed by atoms with Gasteiger partial charge in [-0.05, 0) is 61.0 Å². The van der Waals surface area contributed by atoms with E-state index in [1.165, 1.54) is 23.5 Å². The van der Waals surface area contributed by atoms with Gasteiger partial charge in [-0.3, -0.25) is 4.79 Å². The van der Waals surface area contributed by atoms with Gasteiger partial charge in [0.1, 0.15) is 11.5 Å². The molecule has 1 aliphatic heterocycles. The summed E-state index contributed by atoms with van der Waals surface area (Å²) in [6.07, 6.45) is 4.89. The summed E-state index contributed by atoms with van der Waals surface area (Å²) in [5.74, 6) is -0.154. The highest BCUT2D eigenvalue weighted by Gasteiger charge is 2.32. The van der Waals surface area contributed by atoms with Crippen LogP contribution >= 0.6 is 11.3 Å². The largest absolute Gasteiger partial charge is 0.394 e. The van der Waals surface area contributed by atoms with Crippen molar-refractivity contribution >= 4 is 17.2 Å². The number of benzene rings is 1. The van der Waals surface area contributed by atoms with E-state index in [9.17, 15) is 14.3 Å². The van der Waals surface area contributed by atoms with E-state index in [0.717, 1.165) is 28.8 Å². The van der Waals surface area contributed by atoms with E-state index < -0.39 is 0 Å². The van der Waals surface area contributed by atoms with Gasteiger partial charge in [0.15, 0.2) is 0 Å². The van der Waals surface area contributed by atoms with E-state index in [0.29, 0.717) is 29.4 Å². The molecule has 0 bridgehead atoms. The summed E-state index contributed by atoms with van der Waals surface area (Å²) < 4.78 is 15.0. The molecule has 0 spiro atoms. The number of thiophene rings is 1. The number of aliphatic hydroxyl groups is 1. The first-order valence-electron chi connectivity index (χ1n) is 10.7. The van der Waals surface area contributed by atoms with Crippen molar-refractivity contribution in [2.75, 3.05) is 13.2 Å². The Labute approximate surface area is 194 Å². The molecule has 0 saturated carbocycles. The second kappa shape index (κ2) is 8.84. The standard InChI is InChI=1S/C24H22FN5O2S/c1-15-12-26-24(28-21(15)16-6-8-17(25)9-7-16)30-22(20-5-3-11-33-20)19(13-27-30)23(32)29-10-2-4-18(29)14-31/h3,5-9,11-13,18,31H,2,4,10,14H2,1H3/t18-/m0/s1. The summed E-state index contributed by atoms with van der Waals surface area (Å²) in [7, 11) is 0. The number of likely N-dealkylation sites (tertiary alicyclic amines) is 1. The maximum Gasteiger partial charge on any atom is 0.258 e. The van der Waals surface area contributed by atoms with Gasteiger partial charge in [0.05, 0.1) is 35.0 Å². The van der Waals surface area contributed by atoms with Crippen LogP contribution in [0.2, 0.25) is 0 Å². The number of halogens is 1. The highest BCUT2D eigenvalue weighted by atomic mass is 32.1. The fourth-order valence-corrected chi connectivity index (χ4v) is 4.96. The Balaban J connectivity index is 1.62. The van der Waals surface area contributed by atoms with Gasteiger partial charge in [-0.1, -0.05) is 6.07 Å². The molecule has 168 valence electrons. The van der Waals surface area contributed by atoms with Crippen LogP contribution in [-0.4, -0.2) is 54.9 Å². The normalized spacial score (nSPS) is 15.8. The number of nitrogens with zero attached hydrogens (tertiary/aromatic N) is 5. The first kappa shape index (κ1) is 21.4. The van der Waals surface area contributed by atoms with Crippen LogP contribution in [0, 0.1) is 12.7 Å². The minimum atomic E-state index is -0.316. The Morgan fingerprint density at radius 1 is 1.24 bits per heavy atom. The third-order valence-electron chi connectivity index (χ3n) is 5.87. The van der Waals surface area contributed by atoms with Crippen LogP contribution in [0.15, 0.2) is 54.2 Å². The Hall–Kier alpha value is -3.43. The molecule has 5 rings (SSSR count). The first-order chi connectivity index (χ1) is 16.1. The average Bonchev–Trinajstić information content (AvgIpc) is 3.59. The molecule has 0 aliphatic carbocycles. The second-order valence-corrected chi connectivity index (χ2v) is 8.93. The van der Waals surface area contributed by atoms with Crippen molar-refractivity contribution in [3.63, 3.8) is 0 Å². The molecule has 9 heteroatoms. The van der Waals surface area contributed by atoms with E-state index in [1.54, 1.807) is 34.1 Å². The summed E-state index contributed by atoms with van der Waals surface area (Å²) in [5, 5.41) is 16.1. The number of amides is 1. The van der Waals surface area contributed by atoms with Gasteiger partial charge in [-0.15, -0.1) is 11.3 Å². The van der Waals surface area contributed by atoms with E-state index >= 15 is 0 Å². The van der Waals surface area contributed by atoms with Crippen molar-refractivity contribution in [2.24, 2.45) is 0 Å². The molecule has 4 aromatic rings. The van der Waals surface area contributed by atoms with Crippen LogP contribution in [0.1, 0.15) is 28.8 Å². The van der Waals surface area contributed by atoms with Gasteiger partial charge in [0.25, 0.3) is 11.9 Å². The molecule has 4 heterocycles. The molecule has 1 saturated heterocycles. The van der Waals surface area contributed by atoms with Crippen molar-refractivity contribution in [1.82, 2.24) is 24.6 Å². The van der Waals surface area contributed by atoms with E-state index in [2.05, 4.69) is 10.1 Å². The van der Waals surface area contributed by atoms with Gasteiger partial charge in [-0.25, -0.2) is 14.4 Å². The Bertz CT molecular complexity index is 1290. The van der Waals surface area contributed by atoms with Crippen LogP contribution in [0.4, 0.5) is 4.39 Å². The van der Waals surface area contributed by atoms with Crippen LogP contribution in [0.5, 0.6) is 0 Å². The lowest BCUT2D eigenvalue weighted by Crippen LogP contribution is -2.37. The molecule has 1 aliphatic rings. The van der Waals surface area contributed by atoms with Gasteiger partial charge in [0, 0.05) is 18.3 Å². The number of aromatic nitrogens is 4. The number of carbonyl (C=O) groups excluding carboxylic acids is 1. The van der Waals surface area contributed by atoms with E-state index in [-0.39, 0.29) is 24.4 Å². The predicted octanol–water partition coefficient (Wildman–Crippen LogP) is 4.10. The third-order valence-corrected chi connectivity index (χ3v) is 6.75. The van der Waals surface area contributed by atoms with Gasteiger partial charge < -0.3 is 10.0 Å². The zero-order chi connectivity index (χ0) is 22.9. The molecule has 1 fully saturated rings. The highest BCUT2D eigenvalue weighted by molar-refractivity contribution is 7.13. The monoisotopic (exact) mass is 463 g/mol. The summed E-state index contributed by atoms with van der Waals surface area (Å²) in [5.41, 5.74) is 3.34. The third kappa shape index (κ3) is 3.94. The quantitative estimate of drug-likeness (QED) is 0.482. The number of aliphatic hydroxyl groups excluding tert-OH is 1. The molecule has 0 radical (unpaired) electrons. The van der Waals surface area contributed by atoms with Crippen molar-refractivity contribution in [1.29, 1.82) is 0 Å². The molecule has 33 heavy (non-hydrogen) atoms. The minimum Gasteiger partial charge on any atom is -0.394 e. The lowest BCUT2D eigenvalue weighted by molar-refractivity contribution is 0.0678. The Morgan fingerprint density at radius 2 is 2.06 bits per heavy atom. The first-order valence-corrected chi connectivity index (χ1v) is 11.6. The SMILES string of the molecule is Cc1cnc(-n2ncc(C(=O)N3CCC[C@H]3CO)c2-c2cccs2)nc1-c1ccc(F)cc1. The minimum absolute atomic E-state index is 0.0592. The van der Waals surface area contributed by atoms with Crippen molar-refractivity contribution in [2.45, 2.75) is 25.8 Å². The maximum absolute atomic E-state index is 13.4. The summed E-state index contributed by atoms with van der Waals surface area (Å²) in [4.78, 5) is 25.2. The fourth-order valence-electron chi connectivity index (χ4n) is 4.19. The fraction of sp³-hybridized carbons (Fsp3) is 0.250. The maximum atomic E-state index is 13.4. The van der Waals surface area contributed by atoms with Crippen LogP contribution in [0.3, 0.4) is 0 Å². The molecule has 7 nitrogen and oxygen atoms in total. The molecule has 1 atom stereocenters. The molecule has 1 aromatic carbocycles. The summed E-state index contributed by atoms with van der Waals surface area (Å²) in [6, 6.07) is 9.80. The number of aryl methyl sites for hydroxylation is 1. The zero-order valence-corrected chi connectivity index (χ0v) is 18.8. The Morgan fingerprint density at radius 3 is 2.79 bits per heavy atom. The summed E-state index contributed by atoms with van der Waals surface area (Å²) in [6.45, 7) is 2.44. The lowest BCUT2D eigenvalue weighted by Gasteiger charge is -2.23. The highest BCUT2D eigenvalue weighted by Crippen LogP contribution is 2.32. The van der Waals surface area contributed by atoms with Gasteiger partial charge in [0.2, 0.25) is 0 Å². The van der Waals surface area contributed by atoms with Crippen LogP contribution < -0.4 is 0 Å². The van der Waals surface area contributed by atoms with E-state index in [4.69, 9.17) is 4.98 Å². The predicted molar refractivity (Wildman–Crippen MR) is 124 cm³/mol. The topological polar surface area (TPSA) is 84.1 Å². The molecule has 1 N–H and O–H groups in total. The Kier molecular flexibility index (Phi) is 5.74. The van der Waals surface area contributed by atoms with Crippen molar-refractivity contribution < 1.29 is 14.3 Å². The number of hydrogen-bond acceptors (Lipinski definition) is 6.